The molecular formula is C17H19NO2. The molecule has 0 bridgehead atoms. The van der Waals surface area contributed by atoms with Crippen LogP contribution in [0.2, 0.25) is 0 Å². The Morgan fingerprint density at radius 2 is 1.40 bits per heavy atom. The van der Waals surface area contributed by atoms with Gasteiger partial charge in [0.15, 0.2) is 0 Å². The summed E-state index contributed by atoms with van der Waals surface area (Å²) in [5.41, 5.74) is 2.45. The molecule has 0 aromatic heterocycles. The normalized spacial score (nSPS) is 16.6. The SMILES string of the molecule is Oc1ccc(CC(c2ccc(O)cc2)N2CCC2)cc1. The zero-order valence-electron chi connectivity index (χ0n) is 11.4. The smallest absolute Gasteiger partial charge is 0.115 e. The molecule has 1 atom stereocenters. The largest absolute Gasteiger partial charge is 0.508 e. The van der Waals surface area contributed by atoms with Gasteiger partial charge in [0.05, 0.1) is 0 Å². The molecule has 3 rings (SSSR count). The van der Waals surface area contributed by atoms with E-state index in [0.717, 1.165) is 19.5 Å². The fourth-order valence-electron chi connectivity index (χ4n) is 2.66. The molecule has 3 nitrogen and oxygen atoms in total. The third-order valence-electron chi connectivity index (χ3n) is 3.97. The molecule has 0 saturated carbocycles. The Hall–Kier alpha value is -2.00. The first-order valence-electron chi connectivity index (χ1n) is 7.03. The number of hydrogen-bond acceptors (Lipinski definition) is 3. The van der Waals surface area contributed by atoms with Crippen LogP contribution in [-0.2, 0) is 6.42 Å². The fourth-order valence-corrected chi connectivity index (χ4v) is 2.66. The van der Waals surface area contributed by atoms with Crippen molar-refractivity contribution < 1.29 is 10.2 Å². The van der Waals surface area contributed by atoms with Crippen molar-refractivity contribution in [2.45, 2.75) is 18.9 Å². The third kappa shape index (κ3) is 2.78. The lowest BCUT2D eigenvalue weighted by atomic mass is 9.95. The summed E-state index contributed by atoms with van der Waals surface area (Å²) in [6.07, 6.45) is 2.18. The Balaban J connectivity index is 1.82. The molecule has 1 unspecified atom stereocenters. The summed E-state index contributed by atoms with van der Waals surface area (Å²) in [6, 6.07) is 15.3. The highest BCUT2D eigenvalue weighted by molar-refractivity contribution is 5.31. The molecule has 1 aliphatic rings. The lowest BCUT2D eigenvalue weighted by molar-refractivity contribution is 0.117. The van der Waals surface area contributed by atoms with Gasteiger partial charge in [0.25, 0.3) is 0 Å². The zero-order chi connectivity index (χ0) is 13.9. The predicted molar refractivity (Wildman–Crippen MR) is 78.8 cm³/mol. The summed E-state index contributed by atoms with van der Waals surface area (Å²) < 4.78 is 0. The number of rotatable bonds is 4. The van der Waals surface area contributed by atoms with E-state index in [9.17, 15) is 10.2 Å². The van der Waals surface area contributed by atoms with E-state index in [2.05, 4.69) is 4.90 Å². The highest BCUT2D eigenvalue weighted by Crippen LogP contribution is 2.30. The minimum atomic E-state index is 0.305. The van der Waals surface area contributed by atoms with Crippen molar-refractivity contribution in [1.29, 1.82) is 0 Å². The van der Waals surface area contributed by atoms with E-state index in [4.69, 9.17) is 0 Å². The number of phenolic OH excluding ortho intramolecular Hbond substituents is 2. The zero-order valence-corrected chi connectivity index (χ0v) is 11.4. The van der Waals surface area contributed by atoms with Gasteiger partial charge in [-0.25, -0.2) is 0 Å². The second-order valence-electron chi connectivity index (χ2n) is 5.37. The monoisotopic (exact) mass is 269 g/mol. The first-order chi connectivity index (χ1) is 9.72. The van der Waals surface area contributed by atoms with Crippen LogP contribution >= 0.6 is 0 Å². The molecule has 1 saturated heterocycles. The molecule has 2 N–H and O–H groups in total. The first kappa shape index (κ1) is 13.0. The van der Waals surface area contributed by atoms with Crippen LogP contribution in [0.15, 0.2) is 48.5 Å². The van der Waals surface area contributed by atoms with E-state index in [1.807, 2.05) is 24.3 Å². The topological polar surface area (TPSA) is 43.7 Å². The number of hydrogen-bond donors (Lipinski definition) is 2. The minimum Gasteiger partial charge on any atom is -0.508 e. The van der Waals surface area contributed by atoms with Gasteiger partial charge < -0.3 is 10.2 Å². The maximum atomic E-state index is 9.43. The van der Waals surface area contributed by atoms with Gasteiger partial charge in [-0.15, -0.1) is 0 Å². The molecule has 20 heavy (non-hydrogen) atoms. The van der Waals surface area contributed by atoms with Crippen LogP contribution in [0.3, 0.4) is 0 Å². The number of benzene rings is 2. The van der Waals surface area contributed by atoms with Crippen LogP contribution in [0, 0.1) is 0 Å². The second-order valence-corrected chi connectivity index (χ2v) is 5.37. The summed E-state index contributed by atoms with van der Waals surface area (Å²) in [6.45, 7) is 2.26. The van der Waals surface area contributed by atoms with E-state index >= 15 is 0 Å². The van der Waals surface area contributed by atoms with Gasteiger partial charge in [0.1, 0.15) is 11.5 Å². The maximum Gasteiger partial charge on any atom is 0.115 e. The summed E-state index contributed by atoms with van der Waals surface area (Å²) >= 11 is 0. The molecule has 1 aliphatic heterocycles. The standard InChI is InChI=1S/C17H19NO2/c19-15-6-2-13(3-7-15)12-17(18-10-1-11-18)14-4-8-16(20)9-5-14/h2-9,17,19-20H,1,10-12H2. The van der Waals surface area contributed by atoms with E-state index in [-0.39, 0.29) is 0 Å². The molecule has 0 amide bonds. The van der Waals surface area contributed by atoms with Crippen molar-refractivity contribution in [3.63, 3.8) is 0 Å². The minimum absolute atomic E-state index is 0.305. The molecule has 3 heteroatoms. The van der Waals surface area contributed by atoms with Crippen molar-refractivity contribution in [3.05, 3.63) is 59.7 Å². The van der Waals surface area contributed by atoms with Crippen molar-refractivity contribution in [2.24, 2.45) is 0 Å². The average molecular weight is 269 g/mol. The van der Waals surface area contributed by atoms with Crippen molar-refractivity contribution in [1.82, 2.24) is 4.90 Å². The first-order valence-corrected chi connectivity index (χ1v) is 7.03. The Bertz CT molecular complexity index is 559. The lowest BCUT2D eigenvalue weighted by Crippen LogP contribution is -2.41. The highest BCUT2D eigenvalue weighted by Gasteiger charge is 2.25. The van der Waals surface area contributed by atoms with Crippen LogP contribution in [-0.4, -0.2) is 28.2 Å². The van der Waals surface area contributed by atoms with Crippen molar-refractivity contribution in [3.8, 4) is 11.5 Å². The van der Waals surface area contributed by atoms with Gasteiger partial charge in [-0.05, 0) is 61.3 Å². The van der Waals surface area contributed by atoms with E-state index in [0.29, 0.717) is 17.5 Å². The third-order valence-corrected chi connectivity index (χ3v) is 3.97. The highest BCUT2D eigenvalue weighted by atomic mass is 16.3. The quantitative estimate of drug-likeness (QED) is 0.896. The van der Waals surface area contributed by atoms with Gasteiger partial charge in [0, 0.05) is 6.04 Å². The predicted octanol–water partition coefficient (Wildman–Crippen LogP) is 3.09. The summed E-state index contributed by atoms with van der Waals surface area (Å²) in [5, 5.41) is 18.8. The molecule has 0 aliphatic carbocycles. The van der Waals surface area contributed by atoms with Crippen LogP contribution in [0.1, 0.15) is 23.6 Å². The summed E-state index contributed by atoms with van der Waals surface area (Å²) in [7, 11) is 0. The molecule has 1 heterocycles. The Morgan fingerprint density at radius 3 is 1.90 bits per heavy atom. The second kappa shape index (κ2) is 5.55. The molecule has 1 fully saturated rings. The molecule has 2 aromatic carbocycles. The number of phenols is 2. The van der Waals surface area contributed by atoms with Gasteiger partial charge in [-0.1, -0.05) is 24.3 Å². The number of nitrogens with zero attached hydrogens (tertiary/aromatic N) is 1. The van der Waals surface area contributed by atoms with Gasteiger partial charge in [-0.2, -0.15) is 0 Å². The van der Waals surface area contributed by atoms with E-state index < -0.39 is 0 Å². The van der Waals surface area contributed by atoms with Crippen LogP contribution in [0.4, 0.5) is 0 Å². The average Bonchev–Trinajstić information content (AvgIpc) is 2.39. The molecule has 0 radical (unpaired) electrons. The van der Waals surface area contributed by atoms with Crippen molar-refractivity contribution in [2.75, 3.05) is 13.1 Å². The van der Waals surface area contributed by atoms with Crippen LogP contribution in [0.5, 0.6) is 11.5 Å². The number of aromatic hydroxyl groups is 2. The number of likely N-dealkylation sites (tertiary alicyclic amines) is 1. The maximum absolute atomic E-state index is 9.43. The van der Waals surface area contributed by atoms with Crippen LogP contribution < -0.4 is 0 Å². The van der Waals surface area contributed by atoms with E-state index in [1.165, 1.54) is 17.5 Å². The Labute approximate surface area is 119 Å². The Kier molecular flexibility index (Phi) is 3.61. The molecular weight excluding hydrogens is 250 g/mol. The molecule has 104 valence electrons. The lowest BCUT2D eigenvalue weighted by Gasteiger charge is -2.39. The summed E-state index contributed by atoms with van der Waals surface area (Å²) in [5.74, 6) is 0.611. The fraction of sp³-hybridized carbons (Fsp3) is 0.294. The van der Waals surface area contributed by atoms with Gasteiger partial charge in [-0.3, -0.25) is 4.90 Å². The molecule has 0 spiro atoms. The Morgan fingerprint density at radius 1 is 0.850 bits per heavy atom. The van der Waals surface area contributed by atoms with Crippen molar-refractivity contribution >= 4 is 0 Å². The van der Waals surface area contributed by atoms with Gasteiger partial charge >= 0.3 is 0 Å². The van der Waals surface area contributed by atoms with Gasteiger partial charge in [0.2, 0.25) is 0 Å². The molecule has 2 aromatic rings. The van der Waals surface area contributed by atoms with E-state index in [1.54, 1.807) is 24.3 Å². The van der Waals surface area contributed by atoms with Crippen LogP contribution in [0.25, 0.3) is 0 Å². The summed E-state index contributed by atoms with van der Waals surface area (Å²) in [4.78, 5) is 2.46.